The molecule has 0 rings (SSSR count). The van der Waals surface area contributed by atoms with Crippen molar-refractivity contribution in [1.29, 1.82) is 0 Å². The summed E-state index contributed by atoms with van der Waals surface area (Å²) in [5.74, 6) is -0.965. The van der Waals surface area contributed by atoms with Gasteiger partial charge >= 0.3 is 19.8 Å². The van der Waals surface area contributed by atoms with Crippen LogP contribution in [0.1, 0.15) is 117 Å². The molecule has 0 heterocycles. The molecule has 0 aliphatic rings. The molecular formula is C37H62NO8P. The zero-order valence-electron chi connectivity index (χ0n) is 29.0. The largest absolute Gasteiger partial charge is 0.472 e. The summed E-state index contributed by atoms with van der Waals surface area (Å²) in [6, 6.07) is 0. The lowest BCUT2D eigenvalue weighted by atomic mass is 10.1. The van der Waals surface area contributed by atoms with Crippen molar-refractivity contribution in [3.63, 3.8) is 0 Å². The Morgan fingerprint density at radius 3 is 2.00 bits per heavy atom. The van der Waals surface area contributed by atoms with E-state index < -0.39 is 32.5 Å². The van der Waals surface area contributed by atoms with Crippen LogP contribution in [-0.2, 0) is 32.7 Å². The summed E-state index contributed by atoms with van der Waals surface area (Å²) in [4.78, 5) is 34.5. The molecule has 0 saturated heterocycles. The van der Waals surface area contributed by atoms with Crippen LogP contribution in [-0.4, -0.2) is 49.3 Å². The number of esters is 2. The van der Waals surface area contributed by atoms with Crippen LogP contribution in [0.2, 0.25) is 0 Å². The third kappa shape index (κ3) is 33.2. The zero-order valence-corrected chi connectivity index (χ0v) is 29.9. The Balaban J connectivity index is 4.45. The molecule has 0 saturated carbocycles. The average Bonchev–Trinajstić information content (AvgIpc) is 3.05. The number of allylic oxidation sites excluding steroid dienone is 12. The first-order chi connectivity index (χ1) is 22.8. The fourth-order valence-electron chi connectivity index (χ4n) is 4.11. The summed E-state index contributed by atoms with van der Waals surface area (Å²) in [7, 11) is -4.39. The van der Waals surface area contributed by atoms with E-state index in [9.17, 15) is 19.0 Å². The number of ether oxygens (including phenoxy) is 2. The third-order valence-electron chi connectivity index (χ3n) is 6.68. The van der Waals surface area contributed by atoms with E-state index in [1.807, 2.05) is 48.6 Å². The number of nitrogens with two attached hydrogens (primary N) is 1. The van der Waals surface area contributed by atoms with Crippen molar-refractivity contribution in [1.82, 2.24) is 0 Å². The minimum absolute atomic E-state index is 0.0364. The number of hydrogen-bond donors (Lipinski definition) is 2. The Labute approximate surface area is 284 Å². The van der Waals surface area contributed by atoms with Crippen LogP contribution in [0.5, 0.6) is 0 Å². The number of unbranched alkanes of at least 4 members (excludes halogenated alkanes) is 9. The zero-order chi connectivity index (χ0) is 34.7. The third-order valence-corrected chi connectivity index (χ3v) is 7.67. The molecule has 0 fully saturated rings. The van der Waals surface area contributed by atoms with Crippen molar-refractivity contribution < 1.29 is 37.6 Å². The van der Waals surface area contributed by atoms with Gasteiger partial charge in [-0.25, -0.2) is 4.57 Å². The van der Waals surface area contributed by atoms with E-state index >= 15 is 0 Å². The highest BCUT2D eigenvalue weighted by Gasteiger charge is 2.25. The quantitative estimate of drug-likeness (QED) is 0.0242. The van der Waals surface area contributed by atoms with E-state index in [0.717, 1.165) is 38.5 Å². The van der Waals surface area contributed by atoms with Crippen molar-refractivity contribution in [2.24, 2.45) is 5.73 Å². The first-order valence-corrected chi connectivity index (χ1v) is 19.0. The predicted molar refractivity (Wildman–Crippen MR) is 192 cm³/mol. The molecule has 0 radical (unpaired) electrons. The van der Waals surface area contributed by atoms with Gasteiger partial charge in [-0.1, -0.05) is 125 Å². The van der Waals surface area contributed by atoms with Crippen LogP contribution in [0.3, 0.4) is 0 Å². The lowest BCUT2D eigenvalue weighted by molar-refractivity contribution is -0.161. The van der Waals surface area contributed by atoms with E-state index in [2.05, 4.69) is 38.2 Å². The second-order valence-electron chi connectivity index (χ2n) is 11.1. The molecule has 0 aromatic carbocycles. The summed E-state index contributed by atoms with van der Waals surface area (Å²) in [5.41, 5.74) is 5.31. The molecule has 0 aromatic heterocycles. The standard InChI is InChI=1S/C37H62NO8P/c1-3-5-7-9-11-13-15-17-19-21-23-25-27-29-36(39)43-33-35(34-45-47(41,42)44-32-31-38)46-37(40)30-28-26-24-22-20-18-16-14-12-10-8-6-4-2/h6,8,10,12,14,16-20,23,25,35H,3-5,7,9,11,13,15,21-22,24,26-34,38H2,1-2H3,(H,41,42)/b8-6+,12-10+,16-14+,19-17+,20-18+,25-23+. The molecule has 9 nitrogen and oxygen atoms in total. The molecule has 0 aliphatic heterocycles. The van der Waals surface area contributed by atoms with Crippen LogP contribution in [0, 0.1) is 0 Å². The molecule has 47 heavy (non-hydrogen) atoms. The SMILES string of the molecule is CC/C=C/C=C/C=C/C=C/CCCCCC(=O)OC(COC(=O)CC/C=C/C/C=C/CCCCCCCC)COP(=O)(O)OCCN. The highest BCUT2D eigenvalue weighted by Crippen LogP contribution is 2.43. The molecule has 268 valence electrons. The molecule has 0 amide bonds. The molecule has 0 bridgehead atoms. The van der Waals surface area contributed by atoms with Gasteiger partial charge in [-0.2, -0.15) is 0 Å². The van der Waals surface area contributed by atoms with Gasteiger partial charge in [0.1, 0.15) is 6.61 Å². The van der Waals surface area contributed by atoms with Gasteiger partial charge in [0.05, 0.1) is 13.2 Å². The number of rotatable bonds is 31. The number of phosphoric acid groups is 1. The molecule has 0 spiro atoms. The van der Waals surface area contributed by atoms with E-state index in [1.165, 1.54) is 38.5 Å². The maximum atomic E-state index is 12.5. The summed E-state index contributed by atoms with van der Waals surface area (Å²) < 4.78 is 32.4. The second-order valence-corrected chi connectivity index (χ2v) is 12.5. The maximum Gasteiger partial charge on any atom is 0.472 e. The molecule has 10 heteroatoms. The monoisotopic (exact) mass is 679 g/mol. The maximum absolute atomic E-state index is 12.5. The van der Waals surface area contributed by atoms with Crippen molar-refractivity contribution in [3.8, 4) is 0 Å². The highest BCUT2D eigenvalue weighted by molar-refractivity contribution is 7.47. The minimum atomic E-state index is -4.39. The van der Waals surface area contributed by atoms with Crippen LogP contribution in [0.4, 0.5) is 0 Å². The van der Waals surface area contributed by atoms with E-state index in [4.69, 9.17) is 24.3 Å². The van der Waals surface area contributed by atoms with Gasteiger partial charge in [0.25, 0.3) is 0 Å². The van der Waals surface area contributed by atoms with Crippen LogP contribution < -0.4 is 5.73 Å². The number of hydrogen-bond acceptors (Lipinski definition) is 8. The van der Waals surface area contributed by atoms with Crippen LogP contribution in [0.15, 0.2) is 72.9 Å². The smallest absolute Gasteiger partial charge is 0.462 e. The van der Waals surface area contributed by atoms with Gasteiger partial charge in [-0.15, -0.1) is 0 Å². The number of carbonyl (C=O) groups excluding carboxylic acids is 2. The summed E-state index contributed by atoms with van der Waals surface area (Å²) in [6.07, 6.45) is 38.1. The van der Waals surface area contributed by atoms with Gasteiger partial charge in [-0.3, -0.25) is 18.6 Å². The Hall–Kier alpha value is -2.55. The topological polar surface area (TPSA) is 134 Å². The fraction of sp³-hybridized carbons (Fsp3) is 0.622. The second kappa shape index (κ2) is 33.4. The van der Waals surface area contributed by atoms with E-state index in [-0.39, 0.29) is 32.6 Å². The molecule has 0 aromatic rings. The van der Waals surface area contributed by atoms with Crippen LogP contribution in [0.25, 0.3) is 0 Å². The highest BCUT2D eigenvalue weighted by atomic mass is 31.2. The summed E-state index contributed by atoms with van der Waals surface area (Å²) in [6.45, 7) is 3.42. The van der Waals surface area contributed by atoms with Gasteiger partial charge < -0.3 is 20.1 Å². The lowest BCUT2D eigenvalue weighted by Crippen LogP contribution is -2.29. The van der Waals surface area contributed by atoms with Gasteiger partial charge in [-0.05, 0) is 51.4 Å². The first kappa shape index (κ1) is 44.5. The number of carbonyl (C=O) groups is 2. The molecule has 2 atom stereocenters. The van der Waals surface area contributed by atoms with Gasteiger partial charge in [0.15, 0.2) is 6.10 Å². The Kier molecular flexibility index (Phi) is 31.5. The number of phosphoric ester groups is 1. The van der Waals surface area contributed by atoms with Gasteiger partial charge in [0, 0.05) is 19.4 Å². The van der Waals surface area contributed by atoms with Crippen molar-refractivity contribution in [3.05, 3.63) is 72.9 Å². The molecular weight excluding hydrogens is 617 g/mol. The van der Waals surface area contributed by atoms with Crippen molar-refractivity contribution in [2.75, 3.05) is 26.4 Å². The predicted octanol–water partition coefficient (Wildman–Crippen LogP) is 9.15. The Morgan fingerprint density at radius 1 is 0.681 bits per heavy atom. The molecule has 3 N–H and O–H groups in total. The van der Waals surface area contributed by atoms with Crippen molar-refractivity contribution in [2.45, 2.75) is 123 Å². The molecule has 0 aliphatic carbocycles. The van der Waals surface area contributed by atoms with Gasteiger partial charge in [0.2, 0.25) is 0 Å². The minimum Gasteiger partial charge on any atom is -0.462 e. The Bertz CT molecular complexity index is 1000. The van der Waals surface area contributed by atoms with Crippen LogP contribution >= 0.6 is 7.82 Å². The van der Waals surface area contributed by atoms with E-state index in [0.29, 0.717) is 12.8 Å². The first-order valence-electron chi connectivity index (χ1n) is 17.5. The average molecular weight is 680 g/mol. The fourth-order valence-corrected chi connectivity index (χ4v) is 4.87. The summed E-state index contributed by atoms with van der Waals surface area (Å²) in [5, 5.41) is 0. The molecule has 2 unspecified atom stereocenters. The summed E-state index contributed by atoms with van der Waals surface area (Å²) >= 11 is 0. The normalized spacial score (nSPS) is 14.4. The van der Waals surface area contributed by atoms with Crippen molar-refractivity contribution >= 4 is 19.8 Å². The lowest BCUT2D eigenvalue weighted by Gasteiger charge is -2.19. The van der Waals surface area contributed by atoms with E-state index in [1.54, 1.807) is 0 Å². The Morgan fingerprint density at radius 2 is 1.30 bits per heavy atom.